The number of nitrogens with one attached hydrogen (secondary N) is 3. The minimum Gasteiger partial charge on any atom is -0.482 e. The SMILES string of the molecule is COCC(=O)NC1=CC2(CCNCC2)Oc2ccc(NS(C)(=O)=O)cc21. The number of carbonyl (C=O) groups is 1. The Labute approximate surface area is 153 Å². The highest BCUT2D eigenvalue weighted by molar-refractivity contribution is 7.92. The topological polar surface area (TPSA) is 106 Å². The fraction of sp³-hybridized carbons (Fsp3) is 0.471. The molecule has 1 fully saturated rings. The molecule has 0 atom stereocenters. The average molecular weight is 381 g/mol. The molecule has 0 radical (unpaired) electrons. The zero-order chi connectivity index (χ0) is 18.8. The third kappa shape index (κ3) is 4.35. The predicted octanol–water partition coefficient (Wildman–Crippen LogP) is 0.676. The Kier molecular flexibility index (Phi) is 5.22. The highest BCUT2D eigenvalue weighted by Crippen LogP contribution is 2.40. The predicted molar refractivity (Wildman–Crippen MR) is 98.4 cm³/mol. The van der Waals surface area contributed by atoms with Crippen molar-refractivity contribution in [2.24, 2.45) is 0 Å². The number of hydrogen-bond donors (Lipinski definition) is 3. The van der Waals surface area contributed by atoms with Crippen molar-refractivity contribution in [1.29, 1.82) is 0 Å². The summed E-state index contributed by atoms with van der Waals surface area (Å²) in [4.78, 5) is 12.1. The molecule has 0 saturated carbocycles. The molecule has 0 aliphatic carbocycles. The Morgan fingerprint density at radius 1 is 1.35 bits per heavy atom. The first-order valence-electron chi connectivity index (χ1n) is 8.34. The largest absolute Gasteiger partial charge is 0.482 e. The Morgan fingerprint density at radius 2 is 2.08 bits per heavy atom. The molecule has 1 spiro atoms. The number of hydrogen-bond acceptors (Lipinski definition) is 6. The monoisotopic (exact) mass is 381 g/mol. The Balaban J connectivity index is 1.98. The molecule has 142 valence electrons. The number of methoxy groups -OCH3 is 1. The lowest BCUT2D eigenvalue weighted by molar-refractivity contribution is -0.123. The van der Waals surface area contributed by atoms with Crippen molar-refractivity contribution >= 4 is 27.3 Å². The van der Waals surface area contributed by atoms with E-state index in [0.717, 1.165) is 32.2 Å². The average Bonchev–Trinajstić information content (AvgIpc) is 2.55. The van der Waals surface area contributed by atoms with E-state index in [1.165, 1.54) is 7.11 Å². The molecule has 1 aromatic rings. The van der Waals surface area contributed by atoms with Crippen molar-refractivity contribution < 1.29 is 22.7 Å². The minimum absolute atomic E-state index is 0.0661. The molecule has 3 rings (SSSR count). The highest BCUT2D eigenvalue weighted by atomic mass is 32.2. The van der Waals surface area contributed by atoms with Crippen LogP contribution in [-0.4, -0.2) is 53.0 Å². The first kappa shape index (κ1) is 18.7. The number of sulfonamides is 1. The number of anilines is 1. The van der Waals surface area contributed by atoms with Gasteiger partial charge in [-0.1, -0.05) is 0 Å². The third-order valence-electron chi connectivity index (χ3n) is 4.29. The number of ether oxygens (including phenoxy) is 2. The summed E-state index contributed by atoms with van der Waals surface area (Å²) in [6, 6.07) is 5.03. The zero-order valence-electron chi connectivity index (χ0n) is 14.8. The molecule has 0 bridgehead atoms. The number of benzene rings is 1. The van der Waals surface area contributed by atoms with E-state index < -0.39 is 15.6 Å². The molecular formula is C17H23N3O5S. The van der Waals surface area contributed by atoms with E-state index in [1.807, 2.05) is 6.08 Å². The van der Waals surface area contributed by atoms with Gasteiger partial charge < -0.3 is 20.1 Å². The molecule has 1 saturated heterocycles. The maximum Gasteiger partial charge on any atom is 0.250 e. The van der Waals surface area contributed by atoms with E-state index in [2.05, 4.69) is 15.4 Å². The van der Waals surface area contributed by atoms with Gasteiger partial charge in [0.25, 0.3) is 0 Å². The molecule has 2 aliphatic heterocycles. The summed E-state index contributed by atoms with van der Waals surface area (Å²) < 4.78 is 36.6. The van der Waals surface area contributed by atoms with Crippen molar-refractivity contribution in [3.8, 4) is 5.75 Å². The second-order valence-electron chi connectivity index (χ2n) is 6.54. The molecule has 0 aromatic heterocycles. The first-order chi connectivity index (χ1) is 12.3. The molecule has 26 heavy (non-hydrogen) atoms. The molecule has 9 heteroatoms. The summed E-state index contributed by atoms with van der Waals surface area (Å²) in [6.07, 6.45) is 4.57. The van der Waals surface area contributed by atoms with Crippen molar-refractivity contribution in [3.05, 3.63) is 29.8 Å². The number of piperidine rings is 1. The molecule has 2 heterocycles. The van der Waals surface area contributed by atoms with Gasteiger partial charge in [0.05, 0.1) is 12.0 Å². The minimum atomic E-state index is -3.41. The Bertz CT molecular complexity index is 829. The fourth-order valence-corrected chi connectivity index (χ4v) is 3.77. The van der Waals surface area contributed by atoms with Gasteiger partial charge in [-0.15, -0.1) is 0 Å². The Morgan fingerprint density at radius 3 is 2.73 bits per heavy atom. The number of carbonyl (C=O) groups excluding carboxylic acids is 1. The van der Waals surface area contributed by atoms with Crippen LogP contribution in [0.1, 0.15) is 18.4 Å². The van der Waals surface area contributed by atoms with Gasteiger partial charge in [0.2, 0.25) is 15.9 Å². The van der Waals surface area contributed by atoms with Crippen LogP contribution in [-0.2, 0) is 19.6 Å². The van der Waals surface area contributed by atoms with Crippen LogP contribution in [0.25, 0.3) is 5.70 Å². The smallest absolute Gasteiger partial charge is 0.250 e. The van der Waals surface area contributed by atoms with Gasteiger partial charge in [-0.2, -0.15) is 0 Å². The molecule has 2 aliphatic rings. The highest BCUT2D eigenvalue weighted by Gasteiger charge is 2.37. The van der Waals surface area contributed by atoms with Crippen LogP contribution in [0, 0.1) is 0 Å². The van der Waals surface area contributed by atoms with Gasteiger partial charge in [-0.25, -0.2) is 8.42 Å². The molecule has 8 nitrogen and oxygen atoms in total. The summed E-state index contributed by atoms with van der Waals surface area (Å²) in [5.74, 6) is 0.332. The number of amides is 1. The van der Waals surface area contributed by atoms with Crippen LogP contribution in [0.5, 0.6) is 5.75 Å². The summed E-state index contributed by atoms with van der Waals surface area (Å²) in [6.45, 7) is 1.57. The quantitative estimate of drug-likeness (QED) is 0.693. The van der Waals surface area contributed by atoms with E-state index in [4.69, 9.17) is 9.47 Å². The second kappa shape index (κ2) is 7.26. The van der Waals surface area contributed by atoms with Crippen molar-refractivity contribution in [2.75, 3.05) is 37.8 Å². The van der Waals surface area contributed by atoms with Gasteiger partial charge in [0.1, 0.15) is 18.0 Å². The van der Waals surface area contributed by atoms with Gasteiger partial charge >= 0.3 is 0 Å². The van der Waals surface area contributed by atoms with Crippen LogP contribution in [0.4, 0.5) is 5.69 Å². The van der Waals surface area contributed by atoms with Gasteiger partial charge in [-0.3, -0.25) is 9.52 Å². The van der Waals surface area contributed by atoms with E-state index >= 15 is 0 Å². The van der Waals surface area contributed by atoms with Crippen molar-refractivity contribution in [2.45, 2.75) is 18.4 Å². The van der Waals surface area contributed by atoms with Crippen molar-refractivity contribution in [3.63, 3.8) is 0 Å². The van der Waals surface area contributed by atoms with E-state index in [0.29, 0.717) is 22.7 Å². The second-order valence-corrected chi connectivity index (χ2v) is 8.29. The lowest BCUT2D eigenvalue weighted by Crippen LogP contribution is -2.47. The molecule has 3 N–H and O–H groups in total. The summed E-state index contributed by atoms with van der Waals surface area (Å²) in [5.41, 5.74) is 1.15. The molecular weight excluding hydrogens is 358 g/mol. The van der Waals surface area contributed by atoms with E-state index in [1.54, 1.807) is 18.2 Å². The van der Waals surface area contributed by atoms with E-state index in [-0.39, 0.29) is 12.5 Å². The van der Waals surface area contributed by atoms with Crippen LogP contribution in [0.3, 0.4) is 0 Å². The first-order valence-corrected chi connectivity index (χ1v) is 10.2. The van der Waals surface area contributed by atoms with Gasteiger partial charge in [0, 0.05) is 31.2 Å². The van der Waals surface area contributed by atoms with Crippen molar-refractivity contribution in [1.82, 2.24) is 10.6 Å². The van der Waals surface area contributed by atoms with Gasteiger partial charge in [0.15, 0.2) is 0 Å². The lowest BCUT2D eigenvalue weighted by atomic mass is 9.87. The van der Waals surface area contributed by atoms with Crippen LogP contribution >= 0.6 is 0 Å². The maximum absolute atomic E-state index is 12.1. The summed E-state index contributed by atoms with van der Waals surface area (Å²) >= 11 is 0. The van der Waals surface area contributed by atoms with Crippen LogP contribution < -0.4 is 20.1 Å². The number of fused-ring (bicyclic) bond motifs is 1. The van der Waals surface area contributed by atoms with Gasteiger partial charge in [-0.05, 0) is 37.4 Å². The fourth-order valence-electron chi connectivity index (χ4n) is 3.21. The molecule has 0 unspecified atom stereocenters. The third-order valence-corrected chi connectivity index (χ3v) is 4.90. The van der Waals surface area contributed by atoms with Crippen LogP contribution in [0.2, 0.25) is 0 Å². The number of rotatable bonds is 5. The standard InChI is InChI=1S/C17H23N3O5S/c1-24-11-16(21)19-14-10-17(5-7-18-8-6-17)25-15-4-3-12(9-13(14)15)20-26(2,22)23/h3-4,9-10,18,20H,5-8,11H2,1-2H3,(H,19,21). The lowest BCUT2D eigenvalue weighted by Gasteiger charge is -2.40. The summed E-state index contributed by atoms with van der Waals surface area (Å²) in [5, 5.41) is 6.15. The van der Waals surface area contributed by atoms with E-state index in [9.17, 15) is 13.2 Å². The molecule has 1 aromatic carbocycles. The zero-order valence-corrected chi connectivity index (χ0v) is 15.6. The van der Waals surface area contributed by atoms with Crippen LogP contribution in [0.15, 0.2) is 24.3 Å². The molecule has 1 amide bonds. The Hall–Kier alpha value is -2.10. The normalized spacial score (nSPS) is 18.5. The maximum atomic E-state index is 12.1. The summed E-state index contributed by atoms with van der Waals surface area (Å²) in [7, 11) is -1.95.